The van der Waals surface area contributed by atoms with Crippen molar-refractivity contribution in [3.05, 3.63) is 77.6 Å². The number of hydrogen-bond donors (Lipinski definition) is 2. The Morgan fingerprint density at radius 2 is 1.76 bits per heavy atom. The standard InChI is InChI=1S/C28H26F3N3O3/c29-28(30,31)21-13-20-11-12-34(16-22-10-9-18-3-1-2-4-24(18)33-22)25(20)23(14-21)26(35)32-15-17-5-7-19(8-6-17)27(36)37/h1-4,9-14,17,19H,5-8,15-16H2,(H,32,35)(H,36,37)/t17-,19-. The summed E-state index contributed by atoms with van der Waals surface area (Å²) in [5.74, 6) is -1.67. The van der Waals surface area contributed by atoms with Gasteiger partial charge in [0.25, 0.3) is 5.91 Å². The van der Waals surface area contributed by atoms with E-state index in [9.17, 15) is 27.9 Å². The average Bonchev–Trinajstić information content (AvgIpc) is 3.29. The van der Waals surface area contributed by atoms with Gasteiger partial charge in [-0.25, -0.2) is 0 Å². The van der Waals surface area contributed by atoms with Crippen molar-refractivity contribution in [1.29, 1.82) is 0 Å². The Morgan fingerprint density at radius 3 is 2.49 bits per heavy atom. The summed E-state index contributed by atoms with van der Waals surface area (Å²) in [5.41, 5.74) is 1.02. The summed E-state index contributed by atoms with van der Waals surface area (Å²) in [5, 5.41) is 13.3. The van der Waals surface area contributed by atoms with Crippen LogP contribution in [0.2, 0.25) is 0 Å². The first-order valence-corrected chi connectivity index (χ1v) is 12.2. The van der Waals surface area contributed by atoms with Gasteiger partial charge in [-0.15, -0.1) is 0 Å². The predicted octanol–water partition coefficient (Wildman–Crippen LogP) is 5.88. The number of carbonyl (C=O) groups excluding carboxylic acids is 1. The molecule has 2 aromatic carbocycles. The number of carbonyl (C=O) groups is 2. The minimum atomic E-state index is -4.60. The van der Waals surface area contributed by atoms with Gasteiger partial charge in [0.15, 0.2) is 0 Å². The van der Waals surface area contributed by atoms with Crippen molar-refractivity contribution in [3.63, 3.8) is 0 Å². The molecule has 1 aliphatic carbocycles. The second-order valence-corrected chi connectivity index (χ2v) is 9.66. The molecule has 37 heavy (non-hydrogen) atoms. The number of rotatable bonds is 6. The van der Waals surface area contributed by atoms with Gasteiger partial charge in [0.05, 0.1) is 40.3 Å². The number of aliphatic carboxylic acids is 1. The highest BCUT2D eigenvalue weighted by atomic mass is 19.4. The molecule has 0 unspecified atom stereocenters. The summed E-state index contributed by atoms with van der Waals surface area (Å²) in [7, 11) is 0. The van der Waals surface area contributed by atoms with Gasteiger partial charge in [0, 0.05) is 23.5 Å². The third-order valence-corrected chi connectivity index (χ3v) is 7.17. The molecule has 0 atom stereocenters. The van der Waals surface area contributed by atoms with Crippen molar-refractivity contribution in [2.24, 2.45) is 11.8 Å². The van der Waals surface area contributed by atoms with Gasteiger partial charge in [0.2, 0.25) is 0 Å². The molecule has 1 amide bonds. The highest BCUT2D eigenvalue weighted by Gasteiger charge is 2.33. The fourth-order valence-corrected chi connectivity index (χ4v) is 5.13. The van der Waals surface area contributed by atoms with E-state index in [-0.39, 0.29) is 23.9 Å². The Bertz CT molecular complexity index is 1470. The summed E-state index contributed by atoms with van der Waals surface area (Å²) >= 11 is 0. The number of para-hydroxylation sites is 1. The molecule has 9 heteroatoms. The first kappa shape index (κ1) is 24.8. The zero-order chi connectivity index (χ0) is 26.2. The summed E-state index contributed by atoms with van der Waals surface area (Å²) in [6.45, 7) is 0.578. The van der Waals surface area contributed by atoms with E-state index < -0.39 is 23.6 Å². The summed E-state index contributed by atoms with van der Waals surface area (Å²) in [6, 6.07) is 15.0. The van der Waals surface area contributed by atoms with Crippen molar-refractivity contribution in [2.75, 3.05) is 6.54 Å². The van der Waals surface area contributed by atoms with Crippen molar-refractivity contribution in [2.45, 2.75) is 38.4 Å². The van der Waals surface area contributed by atoms with E-state index in [1.54, 1.807) is 16.8 Å². The van der Waals surface area contributed by atoms with E-state index in [1.807, 2.05) is 36.4 Å². The number of pyridine rings is 1. The Balaban J connectivity index is 1.43. The number of carboxylic acids is 1. The quantitative estimate of drug-likeness (QED) is 0.340. The van der Waals surface area contributed by atoms with Crippen LogP contribution in [-0.2, 0) is 17.5 Å². The van der Waals surface area contributed by atoms with Crippen LogP contribution >= 0.6 is 0 Å². The molecule has 1 fully saturated rings. The molecular weight excluding hydrogens is 483 g/mol. The van der Waals surface area contributed by atoms with Crippen molar-refractivity contribution >= 4 is 33.7 Å². The molecule has 4 aromatic rings. The number of carboxylic acid groups (broad SMARTS) is 1. The number of halogens is 3. The molecule has 0 spiro atoms. The number of aromatic nitrogens is 2. The van der Waals surface area contributed by atoms with Crippen LogP contribution in [0.4, 0.5) is 13.2 Å². The second-order valence-electron chi connectivity index (χ2n) is 9.66. The van der Waals surface area contributed by atoms with Gasteiger partial charge >= 0.3 is 12.1 Å². The second kappa shape index (κ2) is 9.88. The molecule has 0 aliphatic heterocycles. The van der Waals surface area contributed by atoms with E-state index in [4.69, 9.17) is 0 Å². The van der Waals surface area contributed by atoms with Crippen LogP contribution in [0.15, 0.2) is 60.8 Å². The molecule has 1 aliphatic rings. The largest absolute Gasteiger partial charge is 0.481 e. The number of benzene rings is 2. The van der Waals surface area contributed by atoms with E-state index in [0.29, 0.717) is 43.1 Å². The lowest BCUT2D eigenvalue weighted by Crippen LogP contribution is -2.32. The molecule has 1 saturated carbocycles. The Kier molecular flexibility index (Phi) is 6.62. The van der Waals surface area contributed by atoms with Crippen LogP contribution in [0.1, 0.15) is 47.3 Å². The van der Waals surface area contributed by atoms with Crippen LogP contribution in [-0.4, -0.2) is 33.1 Å². The molecule has 0 radical (unpaired) electrons. The van der Waals surface area contributed by atoms with E-state index in [0.717, 1.165) is 28.7 Å². The number of amides is 1. The number of hydrogen-bond acceptors (Lipinski definition) is 3. The lowest BCUT2D eigenvalue weighted by atomic mass is 9.82. The Labute approximate surface area is 211 Å². The number of nitrogens with zero attached hydrogens (tertiary/aromatic N) is 2. The zero-order valence-electron chi connectivity index (χ0n) is 20.0. The molecule has 0 bridgehead atoms. The van der Waals surface area contributed by atoms with Crippen LogP contribution in [0, 0.1) is 11.8 Å². The maximum absolute atomic E-state index is 13.6. The highest BCUT2D eigenvalue weighted by Crippen LogP contribution is 2.34. The fraction of sp³-hybridized carbons (Fsp3) is 0.321. The van der Waals surface area contributed by atoms with Crippen LogP contribution in [0.3, 0.4) is 0 Å². The van der Waals surface area contributed by atoms with Gasteiger partial charge in [-0.3, -0.25) is 14.6 Å². The predicted molar refractivity (Wildman–Crippen MR) is 133 cm³/mol. The number of fused-ring (bicyclic) bond motifs is 2. The molecular formula is C28H26F3N3O3. The third-order valence-electron chi connectivity index (χ3n) is 7.17. The van der Waals surface area contributed by atoms with Gasteiger partial charge in [-0.05, 0) is 61.9 Å². The first-order chi connectivity index (χ1) is 17.7. The van der Waals surface area contributed by atoms with E-state index in [1.165, 1.54) is 0 Å². The van der Waals surface area contributed by atoms with Crippen molar-refractivity contribution in [1.82, 2.24) is 14.9 Å². The molecule has 5 rings (SSSR count). The smallest absolute Gasteiger partial charge is 0.416 e. The van der Waals surface area contributed by atoms with E-state index in [2.05, 4.69) is 10.3 Å². The molecule has 2 heterocycles. The topological polar surface area (TPSA) is 84.2 Å². The fourth-order valence-electron chi connectivity index (χ4n) is 5.13. The summed E-state index contributed by atoms with van der Waals surface area (Å²) in [4.78, 5) is 29.1. The first-order valence-electron chi connectivity index (χ1n) is 12.2. The lowest BCUT2D eigenvalue weighted by molar-refractivity contribution is -0.143. The minimum Gasteiger partial charge on any atom is -0.481 e. The maximum atomic E-state index is 13.6. The maximum Gasteiger partial charge on any atom is 0.416 e. The average molecular weight is 510 g/mol. The molecule has 2 N–H and O–H groups in total. The monoisotopic (exact) mass is 509 g/mol. The van der Waals surface area contributed by atoms with Crippen LogP contribution in [0.5, 0.6) is 0 Å². The molecule has 2 aromatic heterocycles. The minimum absolute atomic E-state index is 0.0464. The normalized spacial score (nSPS) is 18.2. The summed E-state index contributed by atoms with van der Waals surface area (Å²) in [6.07, 6.45) is -0.554. The lowest BCUT2D eigenvalue weighted by Gasteiger charge is -2.26. The van der Waals surface area contributed by atoms with Gasteiger partial charge in [-0.1, -0.05) is 24.3 Å². The Morgan fingerprint density at radius 1 is 1.00 bits per heavy atom. The van der Waals surface area contributed by atoms with Crippen molar-refractivity contribution < 1.29 is 27.9 Å². The van der Waals surface area contributed by atoms with Crippen LogP contribution < -0.4 is 5.32 Å². The molecule has 6 nitrogen and oxygen atoms in total. The zero-order valence-corrected chi connectivity index (χ0v) is 20.0. The van der Waals surface area contributed by atoms with Crippen LogP contribution in [0.25, 0.3) is 21.8 Å². The highest BCUT2D eigenvalue weighted by molar-refractivity contribution is 6.06. The van der Waals surface area contributed by atoms with Gasteiger partial charge < -0.3 is 15.0 Å². The Hall–Kier alpha value is -3.88. The summed E-state index contributed by atoms with van der Waals surface area (Å²) < 4.78 is 42.7. The van der Waals surface area contributed by atoms with E-state index >= 15 is 0 Å². The number of alkyl halides is 3. The number of nitrogens with one attached hydrogen (secondary N) is 1. The van der Waals surface area contributed by atoms with Gasteiger partial charge in [-0.2, -0.15) is 13.2 Å². The molecule has 192 valence electrons. The third kappa shape index (κ3) is 5.30. The molecule has 0 saturated heterocycles. The SMILES string of the molecule is O=C(NC[C@H]1CC[C@H](C(=O)O)CC1)c1cc(C(F)(F)F)cc2ccn(Cc3ccc4ccccc4n3)c12. The van der Waals surface area contributed by atoms with Gasteiger partial charge in [0.1, 0.15) is 0 Å². The van der Waals surface area contributed by atoms with Crippen molar-refractivity contribution in [3.8, 4) is 0 Å².